The molecule has 124 valence electrons. The molecule has 3 rings (SSSR count). The molecule has 0 aliphatic carbocycles. The lowest BCUT2D eigenvalue weighted by atomic mass is 10.1. The highest BCUT2D eigenvalue weighted by Crippen LogP contribution is 2.27. The molecule has 0 radical (unpaired) electrons. The number of benzene rings is 1. The number of amides is 1. The van der Waals surface area contributed by atoms with E-state index in [9.17, 15) is 13.2 Å². The summed E-state index contributed by atoms with van der Waals surface area (Å²) in [5, 5.41) is 2.06. The Morgan fingerprint density at radius 3 is 2.74 bits per heavy atom. The molecule has 1 saturated heterocycles. The van der Waals surface area contributed by atoms with Crippen molar-refractivity contribution in [3.63, 3.8) is 0 Å². The van der Waals surface area contributed by atoms with Crippen LogP contribution in [0.3, 0.4) is 0 Å². The number of nitrogens with zero attached hydrogens (tertiary/aromatic N) is 2. The third-order valence-electron chi connectivity index (χ3n) is 4.43. The van der Waals surface area contributed by atoms with Crippen molar-refractivity contribution in [2.45, 2.75) is 31.6 Å². The van der Waals surface area contributed by atoms with Gasteiger partial charge in [-0.15, -0.1) is 0 Å². The summed E-state index contributed by atoms with van der Waals surface area (Å²) in [5.74, 6) is -0.473. The van der Waals surface area contributed by atoms with Crippen molar-refractivity contribution < 1.29 is 13.2 Å². The molecule has 0 spiro atoms. The van der Waals surface area contributed by atoms with Gasteiger partial charge in [0.25, 0.3) is 5.91 Å². The summed E-state index contributed by atoms with van der Waals surface area (Å²) in [6.45, 7) is 2.24. The minimum atomic E-state index is -3.25. The van der Waals surface area contributed by atoms with E-state index in [1.165, 1.54) is 0 Å². The molecule has 1 aromatic carbocycles. The maximum Gasteiger partial charge on any atom is 0.267 e. The van der Waals surface area contributed by atoms with Crippen molar-refractivity contribution in [1.29, 1.82) is 0 Å². The Bertz CT molecular complexity index is 841. The van der Waals surface area contributed by atoms with Gasteiger partial charge in [-0.1, -0.05) is 25.1 Å². The van der Waals surface area contributed by atoms with Crippen LogP contribution < -0.4 is 10.7 Å². The number of aromatic nitrogens is 1. The number of piperidine rings is 1. The Labute approximate surface area is 135 Å². The number of hydrogen-bond donors (Lipinski definition) is 1. The van der Waals surface area contributed by atoms with Gasteiger partial charge >= 0.3 is 0 Å². The van der Waals surface area contributed by atoms with Crippen LogP contribution in [0, 0.1) is 0 Å². The zero-order chi connectivity index (χ0) is 16.6. The number of carbonyl (C=O) groups is 1. The first-order valence-corrected chi connectivity index (χ1v) is 9.56. The van der Waals surface area contributed by atoms with Gasteiger partial charge in [0.15, 0.2) is 9.84 Å². The molecule has 1 atom stereocenters. The van der Waals surface area contributed by atoms with Gasteiger partial charge in [0, 0.05) is 17.7 Å². The van der Waals surface area contributed by atoms with Gasteiger partial charge in [0.1, 0.15) is 11.1 Å². The number of fused-ring (bicyclic) bond motifs is 1. The summed E-state index contributed by atoms with van der Waals surface area (Å²) in [6, 6.07) is 9.25. The predicted octanol–water partition coefficient (Wildman–Crippen LogP) is 1.62. The second-order valence-electron chi connectivity index (χ2n) is 5.83. The second-order valence-corrected chi connectivity index (χ2v) is 8.28. The van der Waals surface area contributed by atoms with Crippen LogP contribution in [0.15, 0.2) is 30.3 Å². The molecule has 1 aliphatic rings. The normalized spacial score (nSPS) is 19.2. The summed E-state index contributed by atoms with van der Waals surface area (Å²) in [6.07, 6.45) is 2.33. The van der Waals surface area contributed by atoms with E-state index in [1.807, 2.05) is 24.3 Å². The summed E-state index contributed by atoms with van der Waals surface area (Å²) < 4.78 is 26.7. The minimum Gasteiger partial charge on any atom is -0.364 e. The summed E-state index contributed by atoms with van der Waals surface area (Å²) in [5.41, 5.74) is 6.66. The molecule has 1 amide bonds. The van der Waals surface area contributed by atoms with Crippen LogP contribution in [0.2, 0.25) is 0 Å². The van der Waals surface area contributed by atoms with E-state index < -0.39 is 21.1 Å². The molecule has 7 heteroatoms. The van der Waals surface area contributed by atoms with Crippen LogP contribution in [-0.2, 0) is 9.84 Å². The number of sulfone groups is 1. The number of hydrogen-bond acceptors (Lipinski definition) is 4. The lowest BCUT2D eigenvalue weighted by Gasteiger charge is -2.38. The lowest BCUT2D eigenvalue weighted by molar-refractivity contribution is 0.0990. The van der Waals surface area contributed by atoms with Gasteiger partial charge in [0.2, 0.25) is 0 Å². The van der Waals surface area contributed by atoms with Crippen molar-refractivity contribution in [2.75, 3.05) is 17.3 Å². The highest BCUT2D eigenvalue weighted by molar-refractivity contribution is 7.92. The van der Waals surface area contributed by atoms with Crippen molar-refractivity contribution in [3.8, 4) is 0 Å². The largest absolute Gasteiger partial charge is 0.364 e. The molecular formula is C16H21N3O3S. The fourth-order valence-corrected chi connectivity index (χ4v) is 4.75. The lowest BCUT2D eigenvalue weighted by Crippen LogP contribution is -2.52. The molecule has 1 fully saturated rings. The van der Waals surface area contributed by atoms with Gasteiger partial charge in [-0.05, 0) is 31.4 Å². The number of carbonyl (C=O) groups excluding carboxylic acids is 1. The Balaban J connectivity index is 2.21. The standard InChI is InChI=1S/C16H21N3O3S/c1-2-23(21,22)15-9-5-6-10-18(15)19-13-8-4-3-7-12(13)11-14(19)16(17)20/h3-4,7-8,11,15H,2,5-6,9-10H2,1H3,(H2,17,20). The maximum absolute atomic E-state index is 12.5. The number of para-hydroxylation sites is 1. The molecule has 23 heavy (non-hydrogen) atoms. The number of primary amides is 1. The van der Waals surface area contributed by atoms with Crippen LogP contribution >= 0.6 is 0 Å². The smallest absolute Gasteiger partial charge is 0.267 e. The van der Waals surface area contributed by atoms with Crippen molar-refractivity contribution >= 4 is 26.6 Å². The first-order chi connectivity index (χ1) is 11.0. The monoisotopic (exact) mass is 335 g/mol. The van der Waals surface area contributed by atoms with Gasteiger partial charge in [0.05, 0.1) is 5.52 Å². The summed E-state index contributed by atoms with van der Waals surface area (Å²) in [7, 11) is -3.25. The topological polar surface area (TPSA) is 85.4 Å². The molecule has 2 aromatic rings. The van der Waals surface area contributed by atoms with Crippen molar-refractivity contribution in [3.05, 3.63) is 36.0 Å². The van der Waals surface area contributed by atoms with Crippen LogP contribution in [-0.4, -0.2) is 36.7 Å². The highest BCUT2D eigenvalue weighted by atomic mass is 32.2. The summed E-state index contributed by atoms with van der Waals surface area (Å²) in [4.78, 5) is 11.9. The zero-order valence-corrected chi connectivity index (χ0v) is 13.9. The minimum absolute atomic E-state index is 0.0826. The average Bonchev–Trinajstić information content (AvgIpc) is 2.94. The third kappa shape index (κ3) is 2.69. The first-order valence-electron chi connectivity index (χ1n) is 7.84. The predicted molar refractivity (Wildman–Crippen MR) is 90.6 cm³/mol. The third-order valence-corrected chi connectivity index (χ3v) is 6.55. The molecule has 1 aromatic heterocycles. The highest BCUT2D eigenvalue weighted by Gasteiger charge is 2.34. The van der Waals surface area contributed by atoms with Crippen LogP contribution in [0.1, 0.15) is 36.7 Å². The number of nitrogens with two attached hydrogens (primary N) is 1. The molecule has 0 saturated carbocycles. The molecule has 6 nitrogen and oxygen atoms in total. The zero-order valence-electron chi connectivity index (χ0n) is 13.1. The van der Waals surface area contributed by atoms with Gasteiger partial charge in [-0.2, -0.15) is 0 Å². The Hall–Kier alpha value is -2.02. The van der Waals surface area contributed by atoms with E-state index in [0.717, 1.165) is 23.7 Å². The quantitative estimate of drug-likeness (QED) is 0.920. The van der Waals surface area contributed by atoms with Crippen molar-refractivity contribution in [1.82, 2.24) is 4.68 Å². The first kappa shape index (κ1) is 15.9. The van der Waals surface area contributed by atoms with Crippen molar-refractivity contribution in [2.24, 2.45) is 5.73 Å². The second kappa shape index (κ2) is 5.88. The fourth-order valence-electron chi connectivity index (χ4n) is 3.26. The molecular weight excluding hydrogens is 314 g/mol. The Morgan fingerprint density at radius 1 is 1.30 bits per heavy atom. The van der Waals surface area contributed by atoms with E-state index in [4.69, 9.17) is 5.73 Å². The summed E-state index contributed by atoms with van der Waals surface area (Å²) >= 11 is 0. The molecule has 2 N–H and O–H groups in total. The van der Waals surface area contributed by atoms with Crippen LogP contribution in [0.25, 0.3) is 10.9 Å². The van der Waals surface area contributed by atoms with Gasteiger partial charge in [-0.25, -0.2) is 8.42 Å². The Morgan fingerprint density at radius 2 is 2.04 bits per heavy atom. The SMILES string of the molecule is CCS(=O)(=O)C1CCCCN1n1c(C(N)=O)cc2ccccc21. The molecule has 2 heterocycles. The van der Waals surface area contributed by atoms with E-state index in [2.05, 4.69) is 0 Å². The van der Waals surface area contributed by atoms with E-state index in [1.54, 1.807) is 22.7 Å². The number of rotatable bonds is 4. The van der Waals surface area contributed by atoms with E-state index in [-0.39, 0.29) is 5.75 Å². The molecule has 1 aliphatic heterocycles. The van der Waals surface area contributed by atoms with Crippen LogP contribution in [0.5, 0.6) is 0 Å². The van der Waals surface area contributed by atoms with E-state index >= 15 is 0 Å². The van der Waals surface area contributed by atoms with E-state index in [0.29, 0.717) is 18.7 Å². The molecule has 1 unspecified atom stereocenters. The van der Waals surface area contributed by atoms with Gasteiger partial charge in [-0.3, -0.25) is 14.5 Å². The average molecular weight is 335 g/mol. The Kier molecular flexibility index (Phi) is 4.06. The molecule has 0 bridgehead atoms. The fraction of sp³-hybridized carbons (Fsp3) is 0.438. The van der Waals surface area contributed by atoms with Gasteiger partial charge < -0.3 is 5.73 Å². The maximum atomic E-state index is 12.5. The van der Waals surface area contributed by atoms with Crippen LogP contribution in [0.4, 0.5) is 0 Å².